The molecule has 0 aliphatic carbocycles. The van der Waals surface area contributed by atoms with Crippen LogP contribution < -0.4 is 10.6 Å². The van der Waals surface area contributed by atoms with Crippen molar-refractivity contribution >= 4 is 34.7 Å². The highest BCUT2D eigenvalue weighted by Crippen LogP contribution is 2.18. The van der Waals surface area contributed by atoms with Crippen LogP contribution in [0.4, 0.5) is 4.79 Å². The summed E-state index contributed by atoms with van der Waals surface area (Å²) >= 11 is 1.18. The lowest BCUT2D eigenvalue weighted by Gasteiger charge is -2.23. The molecule has 0 aliphatic rings. The molecule has 3 aromatic carbocycles. The number of nitrogens with zero attached hydrogens (tertiary/aromatic N) is 2. The number of benzene rings is 3. The van der Waals surface area contributed by atoms with E-state index in [4.69, 9.17) is 4.74 Å². The van der Waals surface area contributed by atoms with E-state index in [0.717, 1.165) is 41.8 Å². The fourth-order valence-electron chi connectivity index (χ4n) is 5.48. The molecule has 4 aromatic rings. The monoisotopic (exact) mass is 668 g/mol. The van der Waals surface area contributed by atoms with Crippen molar-refractivity contribution in [1.82, 2.24) is 20.2 Å². The molecule has 0 aliphatic heterocycles. The molecule has 1 heterocycles. The highest BCUT2D eigenvalue weighted by atomic mass is 32.2. The molecule has 2 amide bonds. The van der Waals surface area contributed by atoms with E-state index in [1.54, 1.807) is 18.3 Å². The number of unbranched alkanes of at least 4 members (excludes halogenated alkanes) is 1. The number of methoxy groups -OCH3 is 1. The van der Waals surface area contributed by atoms with Gasteiger partial charge in [-0.15, -0.1) is 0 Å². The van der Waals surface area contributed by atoms with E-state index in [1.165, 1.54) is 25.8 Å². The second kappa shape index (κ2) is 18.6. The van der Waals surface area contributed by atoms with Gasteiger partial charge in [-0.05, 0) is 48.1 Å². The van der Waals surface area contributed by atoms with Gasteiger partial charge in [-0.1, -0.05) is 97.9 Å². The van der Waals surface area contributed by atoms with Crippen LogP contribution >= 0.6 is 11.8 Å². The molecular formula is C38H44N4O5S. The third-order valence-corrected chi connectivity index (χ3v) is 8.91. The Balaban J connectivity index is 1.54. The fraction of sp³-hybridized carbons (Fsp3) is 0.342. The van der Waals surface area contributed by atoms with Gasteiger partial charge in [0.15, 0.2) is 10.9 Å². The second-order valence-electron chi connectivity index (χ2n) is 11.8. The lowest BCUT2D eigenvalue weighted by molar-refractivity contribution is -0.109. The molecule has 0 saturated heterocycles. The molecule has 2 N–H and O–H groups in total. The van der Waals surface area contributed by atoms with Gasteiger partial charge in [-0.25, -0.2) is 14.6 Å². The number of thioether (sulfide) groups is 1. The van der Waals surface area contributed by atoms with Crippen molar-refractivity contribution in [1.29, 1.82) is 0 Å². The van der Waals surface area contributed by atoms with E-state index in [-0.39, 0.29) is 23.4 Å². The number of carbonyl (C=O) groups is 4. The SMILES string of the molecule is CCCCc1ncc(C(=O)C[C@H](Cc2ccccc2)NC(=O)N[C@H](CSC(C)=O)Cc2ccccc2)n1Cc1ccc(C(=O)OC)cc1. The Morgan fingerprint density at radius 1 is 0.833 bits per heavy atom. The number of imidazole rings is 1. The molecule has 9 nitrogen and oxygen atoms in total. The van der Waals surface area contributed by atoms with E-state index in [2.05, 4.69) is 22.5 Å². The number of carbonyl (C=O) groups excluding carboxylic acids is 4. The summed E-state index contributed by atoms with van der Waals surface area (Å²) in [6, 6.07) is 25.5. The number of aryl methyl sites for hydroxylation is 1. The lowest BCUT2D eigenvalue weighted by atomic mass is 10.00. The molecule has 2 atom stereocenters. The average molecular weight is 669 g/mol. The van der Waals surface area contributed by atoms with Crippen LogP contribution in [0.5, 0.6) is 0 Å². The lowest BCUT2D eigenvalue weighted by Crippen LogP contribution is -2.49. The van der Waals surface area contributed by atoms with Crippen molar-refractivity contribution in [2.75, 3.05) is 12.9 Å². The van der Waals surface area contributed by atoms with E-state index >= 15 is 0 Å². The van der Waals surface area contributed by atoms with Crippen molar-refractivity contribution in [3.05, 3.63) is 125 Å². The van der Waals surface area contributed by atoms with Gasteiger partial charge in [0.25, 0.3) is 0 Å². The van der Waals surface area contributed by atoms with Crippen LogP contribution in [0.25, 0.3) is 0 Å². The van der Waals surface area contributed by atoms with Crippen LogP contribution in [0.3, 0.4) is 0 Å². The summed E-state index contributed by atoms with van der Waals surface area (Å²) in [5.74, 6) is 0.703. The fourth-order valence-corrected chi connectivity index (χ4v) is 6.11. The zero-order chi connectivity index (χ0) is 34.3. The number of Topliss-reactive ketones (excluding diaryl/α,β-unsaturated/α-hetero) is 1. The van der Waals surface area contributed by atoms with E-state index in [1.807, 2.05) is 77.4 Å². The van der Waals surface area contributed by atoms with Crippen molar-refractivity contribution in [2.24, 2.45) is 0 Å². The third kappa shape index (κ3) is 11.2. The summed E-state index contributed by atoms with van der Waals surface area (Å²) in [7, 11) is 1.35. The Morgan fingerprint density at radius 3 is 2.02 bits per heavy atom. The van der Waals surface area contributed by atoms with Crippen LogP contribution in [0.1, 0.15) is 76.5 Å². The van der Waals surface area contributed by atoms with Crippen LogP contribution in [0.15, 0.2) is 91.1 Å². The Kier molecular flexibility index (Phi) is 14.0. The maximum Gasteiger partial charge on any atom is 0.337 e. The van der Waals surface area contributed by atoms with Crippen molar-refractivity contribution in [2.45, 2.75) is 71.0 Å². The summed E-state index contributed by atoms with van der Waals surface area (Å²) < 4.78 is 6.77. The van der Waals surface area contributed by atoms with Gasteiger partial charge in [-0.3, -0.25) is 9.59 Å². The maximum atomic E-state index is 14.0. The van der Waals surface area contributed by atoms with Gasteiger partial charge in [0.1, 0.15) is 11.5 Å². The van der Waals surface area contributed by atoms with Gasteiger partial charge >= 0.3 is 12.0 Å². The topological polar surface area (TPSA) is 119 Å². The minimum atomic E-state index is -0.500. The number of amides is 2. The van der Waals surface area contributed by atoms with Crippen molar-refractivity contribution in [3.63, 3.8) is 0 Å². The molecule has 0 saturated carbocycles. The normalized spacial score (nSPS) is 12.1. The van der Waals surface area contributed by atoms with Gasteiger partial charge < -0.3 is 19.9 Å². The summed E-state index contributed by atoms with van der Waals surface area (Å²) in [6.07, 6.45) is 5.35. The largest absolute Gasteiger partial charge is 0.465 e. The first-order valence-corrected chi connectivity index (χ1v) is 17.3. The Morgan fingerprint density at radius 2 is 1.44 bits per heavy atom. The smallest absolute Gasteiger partial charge is 0.337 e. The number of esters is 1. The summed E-state index contributed by atoms with van der Waals surface area (Å²) in [5, 5.41) is 6.10. The number of nitrogens with one attached hydrogen (secondary N) is 2. The zero-order valence-corrected chi connectivity index (χ0v) is 28.6. The Hall–Kier alpha value is -4.70. The highest BCUT2D eigenvalue weighted by molar-refractivity contribution is 8.13. The van der Waals surface area contributed by atoms with Crippen LogP contribution in [-0.2, 0) is 35.3 Å². The summed E-state index contributed by atoms with van der Waals surface area (Å²) in [5.41, 5.74) is 3.88. The van der Waals surface area contributed by atoms with Gasteiger partial charge in [-0.2, -0.15) is 0 Å². The molecule has 252 valence electrons. The molecule has 0 radical (unpaired) electrons. The zero-order valence-electron chi connectivity index (χ0n) is 27.8. The van der Waals surface area contributed by atoms with Crippen molar-refractivity contribution < 1.29 is 23.9 Å². The number of hydrogen-bond acceptors (Lipinski definition) is 7. The predicted octanol–water partition coefficient (Wildman–Crippen LogP) is 6.43. The van der Waals surface area contributed by atoms with Crippen LogP contribution in [-0.4, -0.2) is 57.4 Å². The molecule has 0 spiro atoms. The first-order chi connectivity index (χ1) is 23.2. The molecule has 1 aromatic heterocycles. The molecule has 0 fully saturated rings. The van der Waals surface area contributed by atoms with Crippen LogP contribution in [0.2, 0.25) is 0 Å². The predicted molar refractivity (Wildman–Crippen MR) is 189 cm³/mol. The van der Waals surface area contributed by atoms with Crippen LogP contribution in [0, 0.1) is 0 Å². The average Bonchev–Trinajstić information content (AvgIpc) is 3.49. The third-order valence-electron chi connectivity index (χ3n) is 7.93. The summed E-state index contributed by atoms with van der Waals surface area (Å²) in [4.78, 5) is 55.8. The number of aromatic nitrogens is 2. The molecular weight excluding hydrogens is 625 g/mol. The second-order valence-corrected chi connectivity index (χ2v) is 13.0. The Bertz CT molecular complexity index is 1640. The quantitative estimate of drug-likeness (QED) is 0.0983. The van der Waals surface area contributed by atoms with Crippen molar-refractivity contribution in [3.8, 4) is 0 Å². The highest BCUT2D eigenvalue weighted by Gasteiger charge is 2.24. The first kappa shape index (κ1) is 36.1. The Labute approximate surface area is 286 Å². The number of ether oxygens (including phenoxy) is 1. The number of urea groups is 1. The molecule has 0 unspecified atom stereocenters. The molecule has 0 bridgehead atoms. The van der Waals surface area contributed by atoms with E-state index in [0.29, 0.717) is 36.4 Å². The minimum Gasteiger partial charge on any atom is -0.465 e. The molecule has 4 rings (SSSR count). The number of hydrogen-bond donors (Lipinski definition) is 2. The van der Waals surface area contributed by atoms with Gasteiger partial charge in [0, 0.05) is 44.1 Å². The standard InChI is InChI=1S/C38H44N4O5S/c1-4-5-16-36-39-24-34(42(36)25-30-17-19-31(20-18-30)37(45)47-3)35(44)23-32(21-28-12-8-6-9-13-28)40-38(46)41-33(26-48-27(2)43)22-29-14-10-7-11-15-29/h6-15,17-20,24,32-33H,4-5,16,21-23,25-26H2,1-3H3,(H2,40,41,46)/t32-,33-/m0/s1. The maximum absolute atomic E-state index is 14.0. The van der Waals surface area contributed by atoms with Gasteiger partial charge in [0.2, 0.25) is 0 Å². The number of rotatable bonds is 17. The molecule has 10 heteroatoms. The number of ketones is 1. The summed E-state index contributed by atoms with van der Waals surface area (Å²) in [6.45, 7) is 4.04. The first-order valence-electron chi connectivity index (χ1n) is 16.3. The van der Waals surface area contributed by atoms with E-state index < -0.39 is 18.0 Å². The van der Waals surface area contributed by atoms with Gasteiger partial charge in [0.05, 0.1) is 18.9 Å². The van der Waals surface area contributed by atoms with E-state index in [9.17, 15) is 19.2 Å². The minimum absolute atomic E-state index is 0.0165. The molecule has 48 heavy (non-hydrogen) atoms.